The minimum Gasteiger partial charge on any atom is -0.493 e. The van der Waals surface area contributed by atoms with E-state index in [4.69, 9.17) is 21.1 Å². The van der Waals surface area contributed by atoms with E-state index >= 15 is 0 Å². The number of fused-ring (bicyclic) bond motifs is 1. The Labute approximate surface area is 189 Å². The Morgan fingerprint density at radius 2 is 2.06 bits per heavy atom. The van der Waals surface area contributed by atoms with Gasteiger partial charge in [0.05, 0.1) is 24.2 Å². The standard InChI is InChI=1S/C23H22ClFN4O3/c1-31-19-10-18-15(22(27-13-26-18)28-14-2-3-17(25)16(24)8-14)9-20(19)32-7-6-29-11-21(30)23(12-29)4-5-23/h2-3,8-10,13H,4-7,11-12H2,1H3,(H,26,27,28). The molecule has 2 fully saturated rings. The van der Waals surface area contributed by atoms with E-state index in [0.717, 1.165) is 24.8 Å². The van der Waals surface area contributed by atoms with Crippen molar-refractivity contribution < 1.29 is 18.7 Å². The zero-order valence-electron chi connectivity index (χ0n) is 17.5. The number of carbonyl (C=O) groups is 1. The van der Waals surface area contributed by atoms with Crippen molar-refractivity contribution in [2.75, 3.05) is 38.7 Å². The summed E-state index contributed by atoms with van der Waals surface area (Å²) in [6, 6.07) is 7.98. The molecular formula is C23H22ClFN4O3. The summed E-state index contributed by atoms with van der Waals surface area (Å²) in [5.74, 6) is 1.52. The van der Waals surface area contributed by atoms with Crippen LogP contribution in [-0.4, -0.2) is 54.0 Å². The SMILES string of the molecule is COc1cc2ncnc(Nc3ccc(F)c(Cl)c3)c2cc1OCCN1CC(=O)C2(CC2)C1. The number of likely N-dealkylation sites (tertiary alicyclic amines) is 1. The number of hydrogen-bond acceptors (Lipinski definition) is 7. The van der Waals surface area contributed by atoms with Crippen LogP contribution in [0.3, 0.4) is 0 Å². The maximum atomic E-state index is 13.5. The minimum absolute atomic E-state index is 0.0208. The number of nitrogens with one attached hydrogen (secondary N) is 1. The highest BCUT2D eigenvalue weighted by atomic mass is 35.5. The van der Waals surface area contributed by atoms with Gasteiger partial charge in [-0.3, -0.25) is 9.69 Å². The normalized spacial score (nSPS) is 17.2. The number of nitrogens with zero attached hydrogens (tertiary/aromatic N) is 3. The number of carbonyl (C=O) groups excluding carboxylic acids is 1. The van der Waals surface area contributed by atoms with Gasteiger partial charge in [0.2, 0.25) is 0 Å². The number of aromatic nitrogens is 2. The number of benzene rings is 2. The molecule has 9 heteroatoms. The highest BCUT2D eigenvalue weighted by molar-refractivity contribution is 6.31. The Balaban J connectivity index is 1.35. The third kappa shape index (κ3) is 3.96. The fraction of sp³-hybridized carbons (Fsp3) is 0.348. The van der Waals surface area contributed by atoms with E-state index in [2.05, 4.69) is 20.2 Å². The van der Waals surface area contributed by atoms with Crippen molar-refractivity contribution in [3.8, 4) is 11.5 Å². The summed E-state index contributed by atoms with van der Waals surface area (Å²) in [6.07, 6.45) is 3.46. The molecule has 7 nitrogen and oxygen atoms in total. The average molecular weight is 457 g/mol. The molecule has 1 aliphatic heterocycles. The van der Waals surface area contributed by atoms with Crippen LogP contribution in [0.25, 0.3) is 10.9 Å². The summed E-state index contributed by atoms with van der Waals surface area (Å²) in [6.45, 7) is 2.42. The van der Waals surface area contributed by atoms with Crippen molar-refractivity contribution >= 4 is 39.8 Å². The van der Waals surface area contributed by atoms with Crippen LogP contribution in [0.1, 0.15) is 12.8 Å². The minimum atomic E-state index is -0.488. The lowest BCUT2D eigenvalue weighted by Crippen LogP contribution is -2.26. The monoisotopic (exact) mass is 456 g/mol. The maximum Gasteiger partial charge on any atom is 0.162 e. The third-order valence-electron chi connectivity index (χ3n) is 6.11. The largest absolute Gasteiger partial charge is 0.493 e. The molecule has 1 aromatic heterocycles. The first kappa shape index (κ1) is 20.9. The third-order valence-corrected chi connectivity index (χ3v) is 6.40. The smallest absolute Gasteiger partial charge is 0.162 e. The molecule has 5 rings (SSSR count). The molecule has 1 N–H and O–H groups in total. The molecule has 1 saturated heterocycles. The molecular weight excluding hydrogens is 435 g/mol. The van der Waals surface area contributed by atoms with Gasteiger partial charge < -0.3 is 14.8 Å². The number of hydrogen-bond donors (Lipinski definition) is 1. The Morgan fingerprint density at radius 3 is 2.78 bits per heavy atom. The Hall–Kier alpha value is -2.97. The number of halogens is 2. The average Bonchev–Trinajstić information content (AvgIpc) is 3.49. The second-order valence-corrected chi connectivity index (χ2v) is 8.67. The predicted octanol–water partition coefficient (Wildman–Crippen LogP) is 4.22. The van der Waals surface area contributed by atoms with Crippen LogP contribution in [0.15, 0.2) is 36.7 Å². The van der Waals surface area contributed by atoms with Crippen molar-refractivity contribution in [1.29, 1.82) is 0 Å². The van der Waals surface area contributed by atoms with E-state index in [0.29, 0.717) is 54.0 Å². The summed E-state index contributed by atoms with van der Waals surface area (Å²) in [5, 5.41) is 3.90. The lowest BCUT2D eigenvalue weighted by atomic mass is 10.1. The van der Waals surface area contributed by atoms with Crippen molar-refractivity contribution in [3.63, 3.8) is 0 Å². The molecule has 2 aromatic carbocycles. The Morgan fingerprint density at radius 1 is 1.22 bits per heavy atom. The Kier molecular flexibility index (Phi) is 5.35. The Bertz CT molecular complexity index is 1200. The van der Waals surface area contributed by atoms with E-state index in [-0.39, 0.29) is 10.4 Å². The van der Waals surface area contributed by atoms with Crippen LogP contribution in [0.2, 0.25) is 5.02 Å². The molecule has 1 saturated carbocycles. The predicted molar refractivity (Wildman–Crippen MR) is 119 cm³/mol. The lowest BCUT2D eigenvalue weighted by Gasteiger charge is -2.17. The van der Waals surface area contributed by atoms with Gasteiger partial charge in [-0.05, 0) is 37.1 Å². The van der Waals surface area contributed by atoms with E-state index in [9.17, 15) is 9.18 Å². The number of Topliss-reactive ketones (excluding diaryl/α,β-unsaturated/α-hetero) is 1. The van der Waals surface area contributed by atoms with Gasteiger partial charge >= 0.3 is 0 Å². The molecule has 0 radical (unpaired) electrons. The zero-order chi connectivity index (χ0) is 22.3. The molecule has 2 aliphatic rings. The lowest BCUT2D eigenvalue weighted by molar-refractivity contribution is -0.120. The maximum absolute atomic E-state index is 13.5. The quantitative estimate of drug-likeness (QED) is 0.570. The second-order valence-electron chi connectivity index (χ2n) is 8.26. The van der Waals surface area contributed by atoms with Gasteiger partial charge in [-0.25, -0.2) is 14.4 Å². The summed E-state index contributed by atoms with van der Waals surface area (Å²) < 4.78 is 25.0. The van der Waals surface area contributed by atoms with Crippen LogP contribution in [0.4, 0.5) is 15.9 Å². The van der Waals surface area contributed by atoms with Crippen molar-refractivity contribution in [3.05, 3.63) is 47.5 Å². The van der Waals surface area contributed by atoms with Crippen LogP contribution >= 0.6 is 11.6 Å². The summed E-state index contributed by atoms with van der Waals surface area (Å²) in [5.41, 5.74) is 1.20. The van der Waals surface area contributed by atoms with E-state index < -0.39 is 5.82 Å². The number of rotatable bonds is 7. The molecule has 2 heterocycles. The first-order chi connectivity index (χ1) is 15.5. The van der Waals surface area contributed by atoms with Crippen molar-refractivity contribution in [2.24, 2.45) is 5.41 Å². The summed E-state index contributed by atoms with van der Waals surface area (Å²) in [4.78, 5) is 22.9. The van der Waals surface area contributed by atoms with Gasteiger partial charge in [-0.15, -0.1) is 0 Å². The molecule has 1 spiro atoms. The molecule has 3 aromatic rings. The van der Waals surface area contributed by atoms with Crippen LogP contribution in [-0.2, 0) is 4.79 Å². The summed E-state index contributed by atoms with van der Waals surface area (Å²) >= 11 is 5.90. The van der Waals surface area contributed by atoms with Crippen molar-refractivity contribution in [1.82, 2.24) is 14.9 Å². The van der Waals surface area contributed by atoms with Gasteiger partial charge in [-0.1, -0.05) is 11.6 Å². The molecule has 166 valence electrons. The van der Waals surface area contributed by atoms with E-state index in [1.807, 2.05) is 6.07 Å². The molecule has 0 unspecified atom stereocenters. The molecule has 32 heavy (non-hydrogen) atoms. The van der Waals surface area contributed by atoms with E-state index in [1.165, 1.54) is 18.5 Å². The van der Waals surface area contributed by atoms with Crippen LogP contribution in [0, 0.1) is 11.2 Å². The number of anilines is 2. The van der Waals surface area contributed by atoms with Gasteiger partial charge in [-0.2, -0.15) is 0 Å². The molecule has 1 aliphatic carbocycles. The molecule has 0 amide bonds. The van der Waals surface area contributed by atoms with E-state index in [1.54, 1.807) is 19.2 Å². The highest BCUT2D eigenvalue weighted by Gasteiger charge is 2.54. The summed E-state index contributed by atoms with van der Waals surface area (Å²) in [7, 11) is 1.57. The number of ether oxygens (including phenoxy) is 2. The van der Waals surface area contributed by atoms with Gasteiger partial charge in [0, 0.05) is 35.6 Å². The number of ketones is 1. The molecule has 0 atom stereocenters. The fourth-order valence-electron chi connectivity index (χ4n) is 4.12. The fourth-order valence-corrected chi connectivity index (χ4v) is 4.30. The second kappa shape index (κ2) is 8.18. The number of methoxy groups -OCH3 is 1. The van der Waals surface area contributed by atoms with Gasteiger partial charge in [0.25, 0.3) is 0 Å². The molecule has 0 bridgehead atoms. The van der Waals surface area contributed by atoms with Crippen LogP contribution in [0.5, 0.6) is 11.5 Å². The topological polar surface area (TPSA) is 76.6 Å². The van der Waals surface area contributed by atoms with Gasteiger partial charge in [0.15, 0.2) is 17.3 Å². The first-order valence-electron chi connectivity index (χ1n) is 10.4. The van der Waals surface area contributed by atoms with Gasteiger partial charge in [0.1, 0.15) is 24.6 Å². The first-order valence-corrected chi connectivity index (χ1v) is 10.8. The highest BCUT2D eigenvalue weighted by Crippen LogP contribution is 2.50. The van der Waals surface area contributed by atoms with Crippen LogP contribution < -0.4 is 14.8 Å². The van der Waals surface area contributed by atoms with Crippen molar-refractivity contribution in [2.45, 2.75) is 12.8 Å². The zero-order valence-corrected chi connectivity index (χ0v) is 18.3.